The van der Waals surface area contributed by atoms with Crippen LogP contribution >= 0.6 is 15.9 Å². The number of rotatable bonds is 6. The predicted octanol–water partition coefficient (Wildman–Crippen LogP) is 4.57. The molecule has 6 heteroatoms. The first-order valence-electron chi connectivity index (χ1n) is 9.51. The Morgan fingerprint density at radius 1 is 0.966 bits per heavy atom. The first kappa shape index (κ1) is 19.6. The van der Waals surface area contributed by atoms with Crippen LogP contribution in [-0.4, -0.2) is 11.9 Å². The highest BCUT2D eigenvalue weighted by Crippen LogP contribution is 2.25. The van der Waals surface area contributed by atoms with Gasteiger partial charge in [0.1, 0.15) is 18.4 Å². The Morgan fingerprint density at radius 2 is 1.69 bits per heavy atom. The largest absolute Gasteiger partial charge is 0.489 e. The van der Waals surface area contributed by atoms with E-state index in [4.69, 9.17) is 4.74 Å². The van der Waals surface area contributed by atoms with Gasteiger partial charge in [-0.1, -0.05) is 58.4 Å². The summed E-state index contributed by atoms with van der Waals surface area (Å²) in [6.45, 7) is 0.516. The lowest BCUT2D eigenvalue weighted by molar-refractivity contribution is -0.117. The van der Waals surface area contributed by atoms with Crippen molar-refractivity contribution in [1.82, 2.24) is 10.9 Å². The second kappa shape index (κ2) is 9.22. The number of benzene rings is 3. The van der Waals surface area contributed by atoms with Crippen molar-refractivity contribution in [1.29, 1.82) is 0 Å². The molecule has 1 fully saturated rings. The Labute approximate surface area is 178 Å². The third-order valence-corrected chi connectivity index (χ3v) is 5.39. The van der Waals surface area contributed by atoms with Crippen LogP contribution in [0.15, 0.2) is 83.3 Å². The van der Waals surface area contributed by atoms with Gasteiger partial charge in [0.2, 0.25) is 5.91 Å². The molecule has 4 rings (SSSR count). The SMILES string of the molecule is O=C(Nc1ccc(OCc2ccccc2)cc1)C1CC(c2ccc(Br)cc2)NN1. The van der Waals surface area contributed by atoms with Crippen molar-refractivity contribution in [3.05, 3.63) is 94.5 Å². The highest BCUT2D eigenvalue weighted by Gasteiger charge is 2.30. The number of nitrogens with one attached hydrogen (secondary N) is 3. The topological polar surface area (TPSA) is 62.4 Å². The minimum absolute atomic E-state index is 0.0601. The number of hydrogen-bond acceptors (Lipinski definition) is 4. The zero-order chi connectivity index (χ0) is 20.1. The van der Waals surface area contributed by atoms with Crippen LogP contribution in [0.25, 0.3) is 0 Å². The average molecular weight is 452 g/mol. The van der Waals surface area contributed by atoms with Gasteiger partial charge in [0.25, 0.3) is 0 Å². The van der Waals surface area contributed by atoms with E-state index in [1.165, 1.54) is 0 Å². The highest BCUT2D eigenvalue weighted by atomic mass is 79.9. The Bertz CT molecular complexity index is 946. The van der Waals surface area contributed by atoms with Crippen LogP contribution in [-0.2, 0) is 11.4 Å². The van der Waals surface area contributed by atoms with Crippen molar-refractivity contribution in [3.8, 4) is 5.75 Å². The molecular weight excluding hydrogens is 430 g/mol. The summed E-state index contributed by atoms with van der Waals surface area (Å²) in [7, 11) is 0. The number of hydrogen-bond donors (Lipinski definition) is 3. The summed E-state index contributed by atoms with van der Waals surface area (Å²) in [5.41, 5.74) is 9.31. The van der Waals surface area contributed by atoms with E-state index in [1.807, 2.05) is 66.7 Å². The van der Waals surface area contributed by atoms with E-state index in [0.717, 1.165) is 27.0 Å². The summed E-state index contributed by atoms with van der Waals surface area (Å²) in [4.78, 5) is 12.6. The lowest BCUT2D eigenvalue weighted by atomic mass is 10.0. The van der Waals surface area contributed by atoms with Gasteiger partial charge in [-0.15, -0.1) is 0 Å². The normalized spacial score (nSPS) is 18.4. The molecule has 2 atom stereocenters. The molecule has 3 aromatic carbocycles. The Morgan fingerprint density at radius 3 is 2.41 bits per heavy atom. The Hall–Kier alpha value is -2.67. The summed E-state index contributed by atoms with van der Waals surface area (Å²) in [6.07, 6.45) is 0.686. The maximum absolute atomic E-state index is 12.6. The van der Waals surface area contributed by atoms with E-state index in [0.29, 0.717) is 13.0 Å². The van der Waals surface area contributed by atoms with Crippen LogP contribution in [0.5, 0.6) is 5.75 Å². The lowest BCUT2D eigenvalue weighted by Gasteiger charge is -2.12. The van der Waals surface area contributed by atoms with Gasteiger partial charge in [-0.25, -0.2) is 10.9 Å². The average Bonchev–Trinajstić information content (AvgIpc) is 3.25. The fraction of sp³-hybridized carbons (Fsp3) is 0.174. The third kappa shape index (κ3) is 5.23. The Balaban J connectivity index is 1.29. The second-order valence-corrected chi connectivity index (χ2v) is 7.88. The van der Waals surface area contributed by atoms with Gasteiger partial charge in [0.15, 0.2) is 0 Å². The molecule has 5 nitrogen and oxygen atoms in total. The number of amides is 1. The number of ether oxygens (including phenoxy) is 1. The highest BCUT2D eigenvalue weighted by molar-refractivity contribution is 9.10. The van der Waals surface area contributed by atoms with Gasteiger partial charge >= 0.3 is 0 Å². The first-order chi connectivity index (χ1) is 14.2. The quantitative estimate of drug-likeness (QED) is 0.513. The number of anilines is 1. The molecule has 0 saturated carbocycles. The number of carbonyl (C=O) groups is 1. The second-order valence-electron chi connectivity index (χ2n) is 6.97. The van der Waals surface area contributed by atoms with E-state index >= 15 is 0 Å². The molecular formula is C23H22BrN3O2. The van der Waals surface area contributed by atoms with Gasteiger partial charge in [0, 0.05) is 16.2 Å². The first-order valence-corrected chi connectivity index (χ1v) is 10.3. The van der Waals surface area contributed by atoms with Gasteiger partial charge < -0.3 is 10.1 Å². The van der Waals surface area contributed by atoms with Crippen molar-refractivity contribution in [2.75, 3.05) is 5.32 Å². The molecule has 0 aromatic heterocycles. The molecule has 0 aliphatic carbocycles. The summed E-state index contributed by atoms with van der Waals surface area (Å²) >= 11 is 3.44. The molecule has 1 aliphatic rings. The molecule has 29 heavy (non-hydrogen) atoms. The molecule has 3 N–H and O–H groups in total. The van der Waals surface area contributed by atoms with E-state index in [-0.39, 0.29) is 18.0 Å². The summed E-state index contributed by atoms with van der Waals surface area (Å²) in [5, 5.41) is 2.96. The molecule has 1 saturated heterocycles. The van der Waals surface area contributed by atoms with Crippen LogP contribution in [0.2, 0.25) is 0 Å². The molecule has 148 valence electrons. The monoisotopic (exact) mass is 451 g/mol. The van der Waals surface area contributed by atoms with Crippen LogP contribution in [0.4, 0.5) is 5.69 Å². The number of carbonyl (C=O) groups excluding carboxylic acids is 1. The molecule has 2 unspecified atom stereocenters. The predicted molar refractivity (Wildman–Crippen MR) is 117 cm³/mol. The smallest absolute Gasteiger partial charge is 0.242 e. The minimum Gasteiger partial charge on any atom is -0.489 e. The van der Waals surface area contributed by atoms with Crippen molar-refractivity contribution in [2.24, 2.45) is 0 Å². The lowest BCUT2D eigenvalue weighted by Crippen LogP contribution is -2.39. The zero-order valence-electron chi connectivity index (χ0n) is 15.8. The van der Waals surface area contributed by atoms with Gasteiger partial charge in [-0.2, -0.15) is 0 Å². The molecule has 3 aromatic rings. The maximum Gasteiger partial charge on any atom is 0.242 e. The van der Waals surface area contributed by atoms with Gasteiger partial charge in [0.05, 0.1) is 0 Å². The number of hydrazine groups is 1. The number of halogens is 1. The van der Waals surface area contributed by atoms with Crippen LogP contribution < -0.4 is 20.9 Å². The molecule has 1 aliphatic heterocycles. The van der Waals surface area contributed by atoms with Crippen molar-refractivity contribution in [3.63, 3.8) is 0 Å². The van der Waals surface area contributed by atoms with Crippen LogP contribution in [0.3, 0.4) is 0 Å². The standard InChI is InChI=1S/C23H22BrN3O2/c24-18-8-6-17(7-9-18)21-14-22(27-26-21)23(28)25-19-10-12-20(13-11-19)29-15-16-4-2-1-3-5-16/h1-13,21-22,26-27H,14-15H2,(H,25,28). The van der Waals surface area contributed by atoms with Crippen LogP contribution in [0, 0.1) is 0 Å². The minimum atomic E-state index is -0.294. The maximum atomic E-state index is 12.6. The van der Waals surface area contributed by atoms with Gasteiger partial charge in [-0.05, 0) is 53.9 Å². The zero-order valence-corrected chi connectivity index (χ0v) is 17.4. The molecule has 1 heterocycles. The third-order valence-electron chi connectivity index (χ3n) is 4.86. The van der Waals surface area contributed by atoms with E-state index in [2.05, 4.69) is 44.2 Å². The van der Waals surface area contributed by atoms with Crippen molar-refractivity contribution >= 4 is 27.5 Å². The van der Waals surface area contributed by atoms with Crippen LogP contribution in [0.1, 0.15) is 23.6 Å². The van der Waals surface area contributed by atoms with E-state index in [1.54, 1.807) is 0 Å². The fourth-order valence-corrected chi connectivity index (χ4v) is 3.51. The fourth-order valence-electron chi connectivity index (χ4n) is 3.25. The summed E-state index contributed by atoms with van der Waals surface area (Å²) in [5.74, 6) is 0.706. The van der Waals surface area contributed by atoms with E-state index in [9.17, 15) is 4.79 Å². The Kier molecular flexibility index (Phi) is 6.24. The summed E-state index contributed by atoms with van der Waals surface area (Å²) in [6, 6.07) is 25.4. The molecule has 0 bridgehead atoms. The summed E-state index contributed by atoms with van der Waals surface area (Å²) < 4.78 is 6.82. The van der Waals surface area contributed by atoms with Gasteiger partial charge in [-0.3, -0.25) is 4.79 Å². The van der Waals surface area contributed by atoms with E-state index < -0.39 is 0 Å². The molecule has 1 amide bonds. The van der Waals surface area contributed by atoms with Crippen molar-refractivity contribution in [2.45, 2.75) is 25.1 Å². The van der Waals surface area contributed by atoms with Crippen molar-refractivity contribution < 1.29 is 9.53 Å². The molecule has 0 spiro atoms. The molecule has 0 radical (unpaired) electrons.